The van der Waals surface area contributed by atoms with E-state index < -0.39 is 0 Å². The Balaban J connectivity index is 2.05. The molecule has 0 saturated carbocycles. The molecule has 0 spiro atoms. The molecule has 1 atom stereocenters. The van der Waals surface area contributed by atoms with Gasteiger partial charge >= 0.3 is 0 Å². The summed E-state index contributed by atoms with van der Waals surface area (Å²) in [4.78, 5) is 0. The minimum Gasteiger partial charge on any atom is -0.487 e. The minimum atomic E-state index is -0.365. The van der Waals surface area contributed by atoms with Crippen LogP contribution >= 0.6 is 0 Å². The number of methoxy groups -OCH3 is 2. The topological polar surface area (TPSA) is 45.5 Å². The SMILES string of the molecule is C=CCC(/C=C/c1cc(COc2ccc(C(OC)OC)cc2)n(CC)n1)C(C)C. The van der Waals surface area contributed by atoms with E-state index in [-0.39, 0.29) is 6.29 Å². The van der Waals surface area contributed by atoms with E-state index in [4.69, 9.17) is 14.2 Å². The van der Waals surface area contributed by atoms with Crippen molar-refractivity contribution in [3.63, 3.8) is 0 Å². The molecule has 2 rings (SSSR count). The second kappa shape index (κ2) is 11.6. The molecule has 2 aromatic rings. The predicted molar refractivity (Wildman–Crippen MR) is 118 cm³/mol. The Morgan fingerprint density at radius 2 is 1.83 bits per heavy atom. The molecular formula is C24H34N2O3. The van der Waals surface area contributed by atoms with Gasteiger partial charge in [-0.15, -0.1) is 6.58 Å². The fourth-order valence-corrected chi connectivity index (χ4v) is 3.18. The third kappa shape index (κ3) is 6.58. The molecule has 5 heteroatoms. The van der Waals surface area contributed by atoms with Crippen LogP contribution in [-0.2, 0) is 22.6 Å². The number of hydrogen-bond acceptors (Lipinski definition) is 4. The van der Waals surface area contributed by atoms with Crippen LogP contribution in [0.5, 0.6) is 5.75 Å². The van der Waals surface area contributed by atoms with Gasteiger partial charge < -0.3 is 14.2 Å². The molecule has 0 radical (unpaired) electrons. The van der Waals surface area contributed by atoms with Gasteiger partial charge in [-0.3, -0.25) is 4.68 Å². The lowest BCUT2D eigenvalue weighted by atomic mass is 9.92. The van der Waals surface area contributed by atoms with Crippen molar-refractivity contribution in [1.29, 1.82) is 0 Å². The van der Waals surface area contributed by atoms with Gasteiger partial charge in [0, 0.05) is 26.3 Å². The van der Waals surface area contributed by atoms with E-state index in [1.807, 2.05) is 35.0 Å². The molecule has 158 valence electrons. The summed E-state index contributed by atoms with van der Waals surface area (Å²) >= 11 is 0. The average Bonchev–Trinajstić information content (AvgIpc) is 3.13. The zero-order valence-electron chi connectivity index (χ0n) is 18.3. The van der Waals surface area contributed by atoms with Crippen molar-refractivity contribution in [3.8, 4) is 5.75 Å². The molecule has 1 aromatic heterocycles. The number of benzene rings is 1. The van der Waals surface area contributed by atoms with Crippen LogP contribution in [0.4, 0.5) is 0 Å². The van der Waals surface area contributed by atoms with Crippen molar-refractivity contribution >= 4 is 6.08 Å². The highest BCUT2D eigenvalue weighted by molar-refractivity contribution is 5.45. The van der Waals surface area contributed by atoms with Crippen LogP contribution in [0.15, 0.2) is 49.1 Å². The van der Waals surface area contributed by atoms with Crippen LogP contribution in [0.3, 0.4) is 0 Å². The smallest absolute Gasteiger partial charge is 0.183 e. The highest BCUT2D eigenvalue weighted by Crippen LogP contribution is 2.22. The van der Waals surface area contributed by atoms with Gasteiger partial charge in [0.1, 0.15) is 12.4 Å². The number of allylic oxidation sites excluding steroid dienone is 2. The second-order valence-electron chi connectivity index (χ2n) is 7.33. The lowest BCUT2D eigenvalue weighted by Gasteiger charge is -2.14. The summed E-state index contributed by atoms with van der Waals surface area (Å²) in [7, 11) is 3.24. The van der Waals surface area contributed by atoms with E-state index in [2.05, 4.69) is 50.7 Å². The number of ether oxygens (including phenoxy) is 3. The number of aryl methyl sites for hydroxylation is 1. The molecule has 1 aromatic carbocycles. The maximum Gasteiger partial charge on any atom is 0.183 e. The summed E-state index contributed by atoms with van der Waals surface area (Å²) in [5.41, 5.74) is 2.96. The average molecular weight is 399 g/mol. The Kier molecular flexibility index (Phi) is 9.16. The van der Waals surface area contributed by atoms with Crippen LogP contribution in [0.25, 0.3) is 6.08 Å². The van der Waals surface area contributed by atoms with Crippen molar-refractivity contribution in [2.24, 2.45) is 11.8 Å². The van der Waals surface area contributed by atoms with Crippen molar-refractivity contribution in [2.75, 3.05) is 14.2 Å². The van der Waals surface area contributed by atoms with Crippen molar-refractivity contribution in [1.82, 2.24) is 9.78 Å². The highest BCUT2D eigenvalue weighted by atomic mass is 16.7. The predicted octanol–water partition coefficient (Wildman–Crippen LogP) is 5.63. The highest BCUT2D eigenvalue weighted by Gasteiger charge is 2.11. The van der Waals surface area contributed by atoms with Gasteiger partial charge in [-0.1, -0.05) is 38.1 Å². The van der Waals surface area contributed by atoms with Gasteiger partial charge in [0.25, 0.3) is 0 Å². The van der Waals surface area contributed by atoms with Crippen LogP contribution in [0.2, 0.25) is 0 Å². The van der Waals surface area contributed by atoms with E-state index in [0.717, 1.165) is 35.7 Å². The number of aromatic nitrogens is 2. The summed E-state index contributed by atoms with van der Waals surface area (Å²) in [6.45, 7) is 11.7. The Morgan fingerprint density at radius 1 is 1.14 bits per heavy atom. The lowest BCUT2D eigenvalue weighted by molar-refractivity contribution is -0.106. The van der Waals surface area contributed by atoms with Crippen LogP contribution in [0, 0.1) is 11.8 Å². The van der Waals surface area contributed by atoms with Crippen LogP contribution in [0.1, 0.15) is 50.4 Å². The Hall–Kier alpha value is -2.37. The Morgan fingerprint density at radius 3 is 2.38 bits per heavy atom. The molecule has 0 N–H and O–H groups in total. The molecule has 1 heterocycles. The van der Waals surface area contributed by atoms with Gasteiger partial charge in [-0.05, 0) is 49.5 Å². The van der Waals surface area contributed by atoms with Gasteiger partial charge in [-0.2, -0.15) is 5.10 Å². The van der Waals surface area contributed by atoms with E-state index in [0.29, 0.717) is 18.4 Å². The lowest BCUT2D eigenvalue weighted by Crippen LogP contribution is -2.06. The van der Waals surface area contributed by atoms with E-state index in [9.17, 15) is 0 Å². The van der Waals surface area contributed by atoms with E-state index in [1.54, 1.807) is 14.2 Å². The number of nitrogens with zero attached hydrogens (tertiary/aromatic N) is 2. The molecule has 1 unspecified atom stereocenters. The molecule has 29 heavy (non-hydrogen) atoms. The summed E-state index contributed by atoms with van der Waals surface area (Å²) in [6.07, 6.45) is 6.93. The molecule has 5 nitrogen and oxygen atoms in total. The standard InChI is InChI=1S/C24H34N2O3/c1-7-9-19(18(3)4)10-13-21-16-22(26(8-2)25-21)17-29-23-14-11-20(12-15-23)24(27-5)28-6/h7,10-16,18-19,24H,1,8-9,17H2,2-6H3/b13-10+. The molecule has 0 amide bonds. The first-order chi connectivity index (χ1) is 14.0. The summed E-state index contributed by atoms with van der Waals surface area (Å²) < 4.78 is 18.5. The monoisotopic (exact) mass is 398 g/mol. The molecular weight excluding hydrogens is 364 g/mol. The molecule has 0 bridgehead atoms. The first kappa shape index (κ1) is 22.9. The van der Waals surface area contributed by atoms with Gasteiger partial charge in [0.2, 0.25) is 0 Å². The maximum atomic E-state index is 5.97. The first-order valence-electron chi connectivity index (χ1n) is 10.2. The molecule has 0 aliphatic heterocycles. The molecule has 0 aliphatic rings. The Labute approximate surface area is 175 Å². The third-order valence-electron chi connectivity index (χ3n) is 4.96. The fourth-order valence-electron chi connectivity index (χ4n) is 3.18. The first-order valence-corrected chi connectivity index (χ1v) is 10.2. The maximum absolute atomic E-state index is 5.97. The zero-order chi connectivity index (χ0) is 21.2. The number of hydrogen-bond donors (Lipinski definition) is 0. The van der Waals surface area contributed by atoms with E-state index in [1.165, 1.54) is 0 Å². The van der Waals surface area contributed by atoms with Crippen LogP contribution in [-0.4, -0.2) is 24.0 Å². The Bertz CT molecular complexity index is 774. The van der Waals surface area contributed by atoms with Crippen molar-refractivity contribution in [3.05, 3.63) is 66.0 Å². The fraction of sp³-hybridized carbons (Fsp3) is 0.458. The largest absolute Gasteiger partial charge is 0.487 e. The normalized spacial score (nSPS) is 12.8. The van der Waals surface area contributed by atoms with Gasteiger partial charge in [0.15, 0.2) is 6.29 Å². The van der Waals surface area contributed by atoms with Crippen molar-refractivity contribution in [2.45, 2.75) is 46.6 Å². The third-order valence-corrected chi connectivity index (χ3v) is 4.96. The molecule has 0 fully saturated rings. The summed E-state index contributed by atoms with van der Waals surface area (Å²) in [5, 5.41) is 4.68. The van der Waals surface area contributed by atoms with Crippen molar-refractivity contribution < 1.29 is 14.2 Å². The van der Waals surface area contributed by atoms with E-state index >= 15 is 0 Å². The number of rotatable bonds is 12. The summed E-state index contributed by atoms with van der Waals surface area (Å²) in [6, 6.07) is 9.84. The van der Waals surface area contributed by atoms with Gasteiger partial charge in [0.05, 0.1) is 11.4 Å². The second-order valence-corrected chi connectivity index (χ2v) is 7.33. The minimum absolute atomic E-state index is 0.365. The quantitative estimate of drug-likeness (QED) is 0.343. The summed E-state index contributed by atoms with van der Waals surface area (Å²) in [5.74, 6) is 1.84. The zero-order valence-corrected chi connectivity index (χ0v) is 18.3. The van der Waals surface area contributed by atoms with Gasteiger partial charge in [-0.25, -0.2) is 0 Å². The molecule has 0 saturated heterocycles. The van der Waals surface area contributed by atoms with Crippen LogP contribution < -0.4 is 4.74 Å². The molecule has 0 aliphatic carbocycles.